The van der Waals surface area contributed by atoms with Gasteiger partial charge in [0, 0.05) is 6.54 Å². The number of rotatable bonds is 7. The molecule has 1 aromatic carbocycles. The van der Waals surface area contributed by atoms with E-state index >= 15 is 0 Å². The highest BCUT2D eigenvalue weighted by Gasteiger charge is 2.09. The third kappa shape index (κ3) is 6.79. The first-order valence-corrected chi connectivity index (χ1v) is 7.01. The fourth-order valence-electron chi connectivity index (χ4n) is 1.65. The molecule has 0 fully saturated rings. The Morgan fingerprint density at radius 2 is 1.90 bits per heavy atom. The minimum Gasteiger partial charge on any atom is -0.482 e. The van der Waals surface area contributed by atoms with Gasteiger partial charge in [-0.15, -0.1) is 0 Å². The van der Waals surface area contributed by atoms with E-state index in [2.05, 4.69) is 5.32 Å². The van der Waals surface area contributed by atoms with Gasteiger partial charge in [-0.1, -0.05) is 31.5 Å². The first-order chi connectivity index (χ1) is 9.88. The van der Waals surface area contributed by atoms with Crippen molar-refractivity contribution in [3.63, 3.8) is 0 Å². The average molecular weight is 293 g/mol. The molecule has 21 heavy (non-hydrogen) atoms. The van der Waals surface area contributed by atoms with Gasteiger partial charge < -0.3 is 14.8 Å². The molecule has 5 heteroatoms. The molecule has 0 radical (unpaired) electrons. The van der Waals surface area contributed by atoms with Gasteiger partial charge in [0.25, 0.3) is 5.91 Å². The molecular formula is C16H23NO4. The van der Waals surface area contributed by atoms with Crippen LogP contribution in [-0.4, -0.2) is 31.6 Å². The van der Waals surface area contributed by atoms with Crippen molar-refractivity contribution in [2.45, 2.75) is 27.7 Å². The first kappa shape index (κ1) is 17.0. The molecule has 0 saturated heterocycles. The summed E-state index contributed by atoms with van der Waals surface area (Å²) in [5.41, 5.74) is 2.08. The van der Waals surface area contributed by atoms with Gasteiger partial charge in [-0.3, -0.25) is 4.79 Å². The number of esters is 1. The predicted octanol–water partition coefficient (Wildman–Crippen LogP) is 2.00. The highest BCUT2D eigenvalue weighted by Crippen LogP contribution is 2.18. The SMILES string of the molecule is Cc1ccc(OCC(=O)OCC(=O)NCC(C)C)c(C)c1. The third-order valence-electron chi connectivity index (χ3n) is 2.75. The van der Waals surface area contributed by atoms with E-state index in [0.717, 1.165) is 11.1 Å². The predicted molar refractivity (Wildman–Crippen MR) is 80.2 cm³/mol. The molecule has 0 aliphatic carbocycles. The van der Waals surface area contributed by atoms with Crippen molar-refractivity contribution in [1.82, 2.24) is 5.32 Å². The second-order valence-corrected chi connectivity index (χ2v) is 5.42. The van der Waals surface area contributed by atoms with Crippen LogP contribution in [0.2, 0.25) is 0 Å². The summed E-state index contributed by atoms with van der Waals surface area (Å²) in [5, 5.41) is 2.67. The maximum Gasteiger partial charge on any atom is 0.344 e. The van der Waals surface area contributed by atoms with E-state index in [1.807, 2.05) is 45.9 Å². The van der Waals surface area contributed by atoms with E-state index in [9.17, 15) is 9.59 Å². The molecule has 0 aliphatic rings. The van der Waals surface area contributed by atoms with Gasteiger partial charge in [0.05, 0.1) is 0 Å². The Bertz CT molecular complexity index is 497. The van der Waals surface area contributed by atoms with Crippen LogP contribution in [0.1, 0.15) is 25.0 Å². The van der Waals surface area contributed by atoms with Gasteiger partial charge >= 0.3 is 5.97 Å². The van der Waals surface area contributed by atoms with Crippen LogP contribution in [-0.2, 0) is 14.3 Å². The smallest absolute Gasteiger partial charge is 0.344 e. The molecule has 0 aromatic heterocycles. The van der Waals surface area contributed by atoms with Crippen molar-refractivity contribution >= 4 is 11.9 Å². The number of aryl methyl sites for hydroxylation is 2. The molecule has 1 rings (SSSR count). The molecule has 1 amide bonds. The highest BCUT2D eigenvalue weighted by atomic mass is 16.6. The van der Waals surface area contributed by atoms with Crippen LogP contribution in [0.25, 0.3) is 0 Å². The zero-order chi connectivity index (χ0) is 15.8. The Kier molecular flexibility index (Phi) is 6.72. The van der Waals surface area contributed by atoms with E-state index < -0.39 is 5.97 Å². The molecule has 0 aliphatic heterocycles. The third-order valence-corrected chi connectivity index (χ3v) is 2.75. The summed E-state index contributed by atoms with van der Waals surface area (Å²) in [6, 6.07) is 5.69. The van der Waals surface area contributed by atoms with Crippen molar-refractivity contribution in [2.24, 2.45) is 5.92 Å². The zero-order valence-corrected chi connectivity index (χ0v) is 13.1. The van der Waals surface area contributed by atoms with Crippen molar-refractivity contribution < 1.29 is 19.1 Å². The molecule has 5 nitrogen and oxygen atoms in total. The summed E-state index contributed by atoms with van der Waals surface area (Å²) in [4.78, 5) is 22.9. The topological polar surface area (TPSA) is 64.6 Å². The summed E-state index contributed by atoms with van der Waals surface area (Å²) < 4.78 is 10.2. The average Bonchev–Trinajstić information content (AvgIpc) is 2.41. The minimum absolute atomic E-state index is 0.207. The molecular weight excluding hydrogens is 270 g/mol. The van der Waals surface area contributed by atoms with Gasteiger partial charge in [0.2, 0.25) is 0 Å². The first-order valence-electron chi connectivity index (χ1n) is 7.01. The Balaban J connectivity index is 2.29. The van der Waals surface area contributed by atoms with Crippen LogP contribution in [0.4, 0.5) is 0 Å². The molecule has 0 heterocycles. The maximum absolute atomic E-state index is 11.5. The van der Waals surface area contributed by atoms with Gasteiger partial charge in [-0.2, -0.15) is 0 Å². The number of carbonyl (C=O) groups is 2. The Morgan fingerprint density at radius 3 is 2.52 bits per heavy atom. The Hall–Kier alpha value is -2.04. The molecule has 0 atom stereocenters. The zero-order valence-electron chi connectivity index (χ0n) is 13.1. The normalized spacial score (nSPS) is 10.3. The summed E-state index contributed by atoms with van der Waals surface area (Å²) >= 11 is 0. The number of hydrogen-bond donors (Lipinski definition) is 1. The molecule has 0 bridgehead atoms. The van der Waals surface area contributed by atoms with E-state index in [0.29, 0.717) is 18.2 Å². The lowest BCUT2D eigenvalue weighted by atomic mass is 10.1. The van der Waals surface area contributed by atoms with E-state index in [-0.39, 0.29) is 19.1 Å². The Labute approximate surface area is 125 Å². The van der Waals surface area contributed by atoms with Gasteiger partial charge in [-0.25, -0.2) is 4.79 Å². The van der Waals surface area contributed by atoms with Crippen molar-refractivity contribution in [1.29, 1.82) is 0 Å². The van der Waals surface area contributed by atoms with Crippen LogP contribution in [0, 0.1) is 19.8 Å². The lowest BCUT2D eigenvalue weighted by Gasteiger charge is -2.10. The number of hydrogen-bond acceptors (Lipinski definition) is 4. The summed E-state index contributed by atoms with van der Waals surface area (Å²) in [7, 11) is 0. The molecule has 0 saturated carbocycles. The van der Waals surface area contributed by atoms with Crippen molar-refractivity contribution in [3.05, 3.63) is 29.3 Å². The van der Waals surface area contributed by atoms with E-state index in [4.69, 9.17) is 9.47 Å². The largest absolute Gasteiger partial charge is 0.482 e. The number of nitrogens with one attached hydrogen (secondary N) is 1. The molecule has 0 unspecified atom stereocenters. The van der Waals surface area contributed by atoms with Gasteiger partial charge in [0.15, 0.2) is 13.2 Å². The molecule has 116 valence electrons. The second kappa shape index (κ2) is 8.29. The highest BCUT2D eigenvalue weighted by molar-refractivity contribution is 5.80. The van der Waals surface area contributed by atoms with Crippen LogP contribution in [0.3, 0.4) is 0 Å². The number of amides is 1. The Morgan fingerprint density at radius 1 is 1.19 bits per heavy atom. The van der Waals surface area contributed by atoms with Crippen molar-refractivity contribution in [2.75, 3.05) is 19.8 Å². The fourth-order valence-corrected chi connectivity index (χ4v) is 1.65. The number of benzene rings is 1. The van der Waals surface area contributed by atoms with Gasteiger partial charge in [0.1, 0.15) is 5.75 Å². The lowest BCUT2D eigenvalue weighted by Crippen LogP contribution is -2.32. The number of ether oxygens (including phenoxy) is 2. The number of carbonyl (C=O) groups excluding carboxylic acids is 2. The van der Waals surface area contributed by atoms with E-state index in [1.165, 1.54) is 0 Å². The van der Waals surface area contributed by atoms with Crippen LogP contribution in [0.5, 0.6) is 5.75 Å². The molecule has 0 spiro atoms. The van der Waals surface area contributed by atoms with Crippen LogP contribution >= 0.6 is 0 Å². The van der Waals surface area contributed by atoms with E-state index in [1.54, 1.807) is 0 Å². The van der Waals surface area contributed by atoms with Crippen LogP contribution in [0.15, 0.2) is 18.2 Å². The summed E-state index contributed by atoms with van der Waals surface area (Å²) in [5.74, 6) is 0.137. The lowest BCUT2D eigenvalue weighted by molar-refractivity contribution is -0.150. The maximum atomic E-state index is 11.5. The second-order valence-electron chi connectivity index (χ2n) is 5.42. The fraction of sp³-hybridized carbons (Fsp3) is 0.500. The van der Waals surface area contributed by atoms with Gasteiger partial charge in [-0.05, 0) is 31.4 Å². The standard InChI is InChI=1S/C16H23NO4/c1-11(2)8-17-15(18)9-21-16(19)10-20-14-6-5-12(3)7-13(14)4/h5-7,11H,8-10H2,1-4H3,(H,17,18). The quantitative estimate of drug-likeness (QED) is 0.781. The molecule has 1 aromatic rings. The van der Waals surface area contributed by atoms with Crippen LogP contribution < -0.4 is 10.1 Å². The summed E-state index contributed by atoms with van der Waals surface area (Å²) in [6.07, 6.45) is 0. The summed E-state index contributed by atoms with van der Waals surface area (Å²) in [6.45, 7) is 7.96. The minimum atomic E-state index is -0.560. The van der Waals surface area contributed by atoms with Crippen molar-refractivity contribution in [3.8, 4) is 5.75 Å². The molecule has 1 N–H and O–H groups in total. The monoisotopic (exact) mass is 293 g/mol.